The van der Waals surface area contributed by atoms with Gasteiger partial charge in [-0.05, 0) is 24.0 Å². The molecule has 2 aromatic rings. The summed E-state index contributed by atoms with van der Waals surface area (Å²) in [5.74, 6) is -1.19. The zero-order valence-electron chi connectivity index (χ0n) is 15.2. The number of allylic oxidation sites excluding steroid dienone is 2. The molecule has 0 saturated carbocycles. The molecule has 0 saturated heterocycles. The molecule has 0 aliphatic carbocycles. The van der Waals surface area contributed by atoms with Gasteiger partial charge in [-0.25, -0.2) is 10.1 Å². The molecule has 1 aromatic heterocycles. The lowest BCUT2D eigenvalue weighted by molar-refractivity contribution is -0.423. The number of aromatic nitrogens is 1. The minimum Gasteiger partial charge on any atom is -0.501 e. The second-order valence-electron chi connectivity index (χ2n) is 5.99. The minimum absolute atomic E-state index is 0.000880. The first kappa shape index (κ1) is 18.9. The van der Waals surface area contributed by atoms with E-state index in [0.29, 0.717) is 28.1 Å². The van der Waals surface area contributed by atoms with Gasteiger partial charge >= 0.3 is 11.8 Å². The normalized spacial score (nSPS) is 16.7. The Bertz CT molecular complexity index is 985. The molecule has 9 heteroatoms. The van der Waals surface area contributed by atoms with Gasteiger partial charge in [0.25, 0.3) is 0 Å². The number of fused-ring (bicyclic) bond motifs is 1. The van der Waals surface area contributed by atoms with Crippen molar-refractivity contribution in [1.29, 1.82) is 0 Å². The number of nitro groups is 1. The van der Waals surface area contributed by atoms with Crippen molar-refractivity contribution in [3.8, 4) is 0 Å². The molecule has 0 bridgehead atoms. The van der Waals surface area contributed by atoms with Crippen molar-refractivity contribution in [3.63, 3.8) is 0 Å². The van der Waals surface area contributed by atoms with Crippen LogP contribution >= 0.6 is 0 Å². The molecule has 3 rings (SSSR count). The maximum absolute atomic E-state index is 11.9. The number of carbonyl (C=O) groups is 1. The van der Waals surface area contributed by atoms with Crippen LogP contribution in [-0.4, -0.2) is 28.1 Å². The first-order chi connectivity index (χ1) is 13.4. The Morgan fingerprint density at radius 3 is 2.64 bits per heavy atom. The van der Waals surface area contributed by atoms with E-state index in [4.69, 9.17) is 4.74 Å². The average Bonchev–Trinajstić information content (AvgIpc) is 2.86. The molecular formula is C19H18N4O5. The lowest BCUT2D eigenvalue weighted by Crippen LogP contribution is -2.29. The topological polar surface area (TPSA) is 127 Å². The van der Waals surface area contributed by atoms with E-state index in [2.05, 4.69) is 15.6 Å². The number of carboxylic acid groups (broad SMARTS) is 1. The van der Waals surface area contributed by atoms with Crippen LogP contribution in [0.3, 0.4) is 0 Å². The Labute approximate surface area is 160 Å². The first-order valence-electron chi connectivity index (χ1n) is 8.33. The summed E-state index contributed by atoms with van der Waals surface area (Å²) < 4.78 is 5.34. The molecule has 144 valence electrons. The standard InChI is InChI=1S/C19H18N4O5/c1-11(28-2)15(12-6-5-9-20-10-12)17-18(23(26)27)21-14-8-4-3-7-13(14)16(22-17)19(24)25/h3-10,16,21-22H,1-2H3,(H,24,25)/b15-11-/t16-/m1/s1. The number of hydrogen-bond acceptors (Lipinski definition) is 7. The molecule has 28 heavy (non-hydrogen) atoms. The van der Waals surface area contributed by atoms with Crippen molar-refractivity contribution in [2.45, 2.75) is 13.0 Å². The van der Waals surface area contributed by atoms with E-state index in [1.54, 1.807) is 49.5 Å². The predicted octanol–water partition coefficient (Wildman–Crippen LogP) is 2.75. The number of hydrogen-bond donors (Lipinski definition) is 3. The molecule has 1 aromatic carbocycles. The van der Waals surface area contributed by atoms with Crippen LogP contribution < -0.4 is 10.6 Å². The summed E-state index contributed by atoms with van der Waals surface area (Å²) in [4.78, 5) is 27.3. The van der Waals surface area contributed by atoms with Crippen LogP contribution in [0.25, 0.3) is 5.57 Å². The number of para-hydroxylation sites is 1. The molecule has 1 aliphatic heterocycles. The monoisotopic (exact) mass is 382 g/mol. The molecule has 0 radical (unpaired) electrons. The van der Waals surface area contributed by atoms with E-state index in [9.17, 15) is 20.0 Å². The van der Waals surface area contributed by atoms with Gasteiger partial charge in [-0.15, -0.1) is 0 Å². The van der Waals surface area contributed by atoms with E-state index in [1.807, 2.05) is 0 Å². The number of rotatable bonds is 5. The van der Waals surface area contributed by atoms with Gasteiger partial charge in [0.1, 0.15) is 17.1 Å². The number of pyridine rings is 1. The summed E-state index contributed by atoms with van der Waals surface area (Å²) in [7, 11) is 1.44. The Morgan fingerprint density at radius 2 is 2.04 bits per heavy atom. The molecular weight excluding hydrogens is 364 g/mol. The molecule has 0 unspecified atom stereocenters. The molecule has 0 spiro atoms. The number of benzene rings is 1. The Kier molecular flexibility index (Phi) is 5.25. The highest BCUT2D eigenvalue weighted by atomic mass is 16.6. The quantitative estimate of drug-likeness (QED) is 0.409. The smallest absolute Gasteiger partial charge is 0.345 e. The van der Waals surface area contributed by atoms with Gasteiger partial charge in [0, 0.05) is 23.5 Å². The zero-order chi connectivity index (χ0) is 20.3. The van der Waals surface area contributed by atoms with Crippen LogP contribution in [0.5, 0.6) is 0 Å². The van der Waals surface area contributed by atoms with E-state index in [-0.39, 0.29) is 11.5 Å². The average molecular weight is 382 g/mol. The molecule has 9 nitrogen and oxygen atoms in total. The van der Waals surface area contributed by atoms with Crippen molar-refractivity contribution >= 4 is 17.2 Å². The number of ether oxygens (including phenoxy) is 1. The predicted molar refractivity (Wildman–Crippen MR) is 101 cm³/mol. The van der Waals surface area contributed by atoms with Crippen molar-refractivity contribution in [2.24, 2.45) is 0 Å². The van der Waals surface area contributed by atoms with Crippen LogP contribution in [0.15, 0.2) is 66.1 Å². The van der Waals surface area contributed by atoms with Gasteiger partial charge in [-0.2, -0.15) is 0 Å². The number of anilines is 1. The summed E-state index contributed by atoms with van der Waals surface area (Å²) in [6.45, 7) is 1.64. The number of nitrogens with one attached hydrogen (secondary N) is 2. The van der Waals surface area contributed by atoms with E-state index in [0.717, 1.165) is 0 Å². The van der Waals surface area contributed by atoms with Gasteiger partial charge in [-0.3, -0.25) is 4.98 Å². The maximum Gasteiger partial charge on any atom is 0.345 e. The Balaban J connectivity index is 2.29. The third-order valence-electron chi connectivity index (χ3n) is 4.34. The number of methoxy groups -OCH3 is 1. The first-order valence-corrected chi connectivity index (χ1v) is 8.33. The number of carboxylic acids is 1. The highest BCUT2D eigenvalue weighted by Crippen LogP contribution is 2.35. The fraction of sp³-hybridized carbons (Fsp3) is 0.158. The van der Waals surface area contributed by atoms with Crippen molar-refractivity contribution < 1.29 is 19.6 Å². The lowest BCUT2D eigenvalue weighted by Gasteiger charge is -2.19. The summed E-state index contributed by atoms with van der Waals surface area (Å²) >= 11 is 0. The van der Waals surface area contributed by atoms with Crippen molar-refractivity contribution in [2.75, 3.05) is 12.4 Å². The molecule has 1 aliphatic rings. The second-order valence-corrected chi connectivity index (χ2v) is 5.99. The van der Waals surface area contributed by atoms with Gasteiger partial charge in [0.05, 0.1) is 12.7 Å². The minimum atomic E-state index is -1.20. The summed E-state index contributed by atoms with van der Waals surface area (Å²) in [6.07, 6.45) is 3.10. The van der Waals surface area contributed by atoms with E-state index >= 15 is 0 Å². The molecule has 3 N–H and O–H groups in total. The van der Waals surface area contributed by atoms with Crippen LogP contribution in [0.2, 0.25) is 0 Å². The summed E-state index contributed by atoms with van der Waals surface area (Å²) in [6, 6.07) is 8.73. The molecule has 0 fully saturated rings. The molecule has 0 amide bonds. The second kappa shape index (κ2) is 7.78. The van der Waals surface area contributed by atoms with Gasteiger partial charge in [0.2, 0.25) is 0 Å². The van der Waals surface area contributed by atoms with E-state index < -0.39 is 16.9 Å². The van der Waals surface area contributed by atoms with Crippen LogP contribution in [0.4, 0.5) is 5.69 Å². The molecule has 2 heterocycles. The Morgan fingerprint density at radius 1 is 1.29 bits per heavy atom. The fourth-order valence-electron chi connectivity index (χ4n) is 3.00. The summed E-state index contributed by atoms with van der Waals surface area (Å²) in [5.41, 5.74) is 1.60. The van der Waals surface area contributed by atoms with Crippen molar-refractivity contribution in [3.05, 3.63) is 87.3 Å². The fourth-order valence-corrected chi connectivity index (χ4v) is 3.00. The maximum atomic E-state index is 11.9. The third kappa shape index (κ3) is 3.50. The summed E-state index contributed by atoms with van der Waals surface area (Å²) in [5, 5.41) is 27.2. The number of nitrogens with zero attached hydrogens (tertiary/aromatic N) is 2. The highest BCUT2D eigenvalue weighted by molar-refractivity contribution is 5.85. The molecule has 1 atom stereocenters. The van der Waals surface area contributed by atoms with Crippen molar-refractivity contribution in [1.82, 2.24) is 10.3 Å². The Hall–Kier alpha value is -3.88. The van der Waals surface area contributed by atoms with Gasteiger partial charge in [-0.1, -0.05) is 24.3 Å². The van der Waals surface area contributed by atoms with Crippen LogP contribution in [-0.2, 0) is 9.53 Å². The van der Waals surface area contributed by atoms with E-state index in [1.165, 1.54) is 13.3 Å². The highest BCUT2D eigenvalue weighted by Gasteiger charge is 2.35. The van der Waals surface area contributed by atoms with Gasteiger partial charge < -0.3 is 25.3 Å². The largest absolute Gasteiger partial charge is 0.501 e. The van der Waals surface area contributed by atoms with Crippen LogP contribution in [0, 0.1) is 10.1 Å². The van der Waals surface area contributed by atoms with Gasteiger partial charge in [0.15, 0.2) is 6.04 Å². The number of aliphatic carboxylic acids is 1. The third-order valence-corrected chi connectivity index (χ3v) is 4.34. The zero-order valence-corrected chi connectivity index (χ0v) is 15.2. The SMILES string of the molecule is CO/C(C)=C(\C1=C([N+](=O)[O-])Nc2ccccc2[C@H](C(=O)O)N1)c1cccnc1. The lowest BCUT2D eigenvalue weighted by atomic mass is 10.0. The van der Waals surface area contributed by atoms with Crippen LogP contribution in [0.1, 0.15) is 24.1 Å².